The second-order valence-electron chi connectivity index (χ2n) is 8.09. The Bertz CT molecular complexity index is 1770. The van der Waals surface area contributed by atoms with Crippen molar-refractivity contribution in [3.05, 3.63) is 133 Å². The molecule has 6 nitrogen and oxygen atoms in total. The Morgan fingerprint density at radius 1 is 0.568 bits per heavy atom. The van der Waals surface area contributed by atoms with Crippen molar-refractivity contribution < 1.29 is 21.1 Å². The Kier molecular flexibility index (Phi) is 7.29. The fraction of sp³-hybridized carbons (Fsp3) is 0. The van der Waals surface area contributed by atoms with Crippen molar-refractivity contribution >= 4 is 22.4 Å². The van der Waals surface area contributed by atoms with Gasteiger partial charge in [-0.1, -0.05) is 96.7 Å². The van der Waals surface area contributed by atoms with Crippen LogP contribution >= 0.6 is 0 Å². The molecule has 0 aliphatic rings. The SMILES string of the molecule is [Pt+2].c1ccc(/N=c2\[n-]cc(-c3ccccc3-c3ccc(N=c4cccc[n-]4)nc3)c3ccccc23)nc1. The Labute approximate surface area is 227 Å². The van der Waals surface area contributed by atoms with Gasteiger partial charge in [0.2, 0.25) is 0 Å². The van der Waals surface area contributed by atoms with Crippen LogP contribution in [0.3, 0.4) is 0 Å². The molecule has 0 spiro atoms. The first-order valence-electron chi connectivity index (χ1n) is 11.5. The van der Waals surface area contributed by atoms with E-state index in [1.165, 1.54) is 0 Å². The van der Waals surface area contributed by atoms with E-state index >= 15 is 0 Å². The van der Waals surface area contributed by atoms with Crippen LogP contribution in [-0.2, 0) is 21.1 Å². The molecule has 0 N–H and O–H groups in total. The van der Waals surface area contributed by atoms with Crippen molar-refractivity contribution in [2.24, 2.45) is 9.98 Å². The number of nitrogens with zero attached hydrogens (tertiary/aromatic N) is 6. The van der Waals surface area contributed by atoms with Crippen molar-refractivity contribution in [1.82, 2.24) is 19.9 Å². The Morgan fingerprint density at radius 2 is 1.32 bits per heavy atom. The van der Waals surface area contributed by atoms with Crippen LogP contribution in [0.1, 0.15) is 0 Å². The topological polar surface area (TPSA) is 78.7 Å². The van der Waals surface area contributed by atoms with Crippen LogP contribution in [0.2, 0.25) is 0 Å². The Morgan fingerprint density at radius 3 is 2.08 bits per heavy atom. The molecule has 4 aromatic heterocycles. The molecule has 7 heteroatoms. The third-order valence-electron chi connectivity index (χ3n) is 5.80. The predicted octanol–water partition coefficient (Wildman–Crippen LogP) is 5.34. The second kappa shape index (κ2) is 11.1. The van der Waals surface area contributed by atoms with E-state index in [-0.39, 0.29) is 21.1 Å². The van der Waals surface area contributed by atoms with E-state index in [0.717, 1.165) is 33.0 Å². The number of hydrogen-bond donors (Lipinski definition) is 0. The minimum atomic E-state index is 0. The summed E-state index contributed by atoms with van der Waals surface area (Å²) in [6.45, 7) is 0. The molecule has 6 rings (SSSR count). The van der Waals surface area contributed by atoms with E-state index in [4.69, 9.17) is 4.98 Å². The van der Waals surface area contributed by atoms with E-state index in [2.05, 4.69) is 43.1 Å². The van der Waals surface area contributed by atoms with Crippen LogP contribution in [0, 0.1) is 0 Å². The summed E-state index contributed by atoms with van der Waals surface area (Å²) in [5.41, 5.74) is 5.44. The molecule has 37 heavy (non-hydrogen) atoms. The summed E-state index contributed by atoms with van der Waals surface area (Å²) in [7, 11) is 0. The van der Waals surface area contributed by atoms with Crippen molar-refractivity contribution in [3.8, 4) is 22.3 Å². The summed E-state index contributed by atoms with van der Waals surface area (Å²) in [5.74, 6) is 1.24. The minimum absolute atomic E-state index is 0. The average Bonchev–Trinajstić information content (AvgIpc) is 2.95. The van der Waals surface area contributed by atoms with Gasteiger partial charge in [0.25, 0.3) is 0 Å². The minimum Gasteiger partial charge on any atom is -0.443 e. The third-order valence-corrected chi connectivity index (χ3v) is 5.80. The predicted molar refractivity (Wildman–Crippen MR) is 140 cm³/mol. The first-order chi connectivity index (χ1) is 17.8. The molecule has 0 saturated heterocycles. The van der Waals surface area contributed by atoms with E-state index in [1.807, 2.05) is 91.3 Å². The molecular weight excluding hydrogens is 639 g/mol. The summed E-state index contributed by atoms with van der Waals surface area (Å²) in [5, 5.41) is 2.04. The maximum atomic E-state index is 4.73. The number of hydrogen-bond acceptors (Lipinski definition) is 4. The van der Waals surface area contributed by atoms with E-state index in [9.17, 15) is 0 Å². The van der Waals surface area contributed by atoms with Gasteiger partial charge >= 0.3 is 21.1 Å². The summed E-state index contributed by atoms with van der Waals surface area (Å²) in [4.78, 5) is 27.0. The Balaban J connectivity index is 0.00000280. The molecule has 2 aromatic carbocycles. The second-order valence-corrected chi connectivity index (χ2v) is 8.09. The Hall–Kier alpha value is -4.41. The number of fused-ring (bicyclic) bond motifs is 1. The fourth-order valence-corrected chi connectivity index (χ4v) is 4.13. The summed E-state index contributed by atoms with van der Waals surface area (Å²) in [6, 6.07) is 31.7. The summed E-state index contributed by atoms with van der Waals surface area (Å²) >= 11 is 0. The number of pyridine rings is 4. The van der Waals surface area contributed by atoms with Crippen LogP contribution in [0.25, 0.3) is 33.0 Å². The van der Waals surface area contributed by atoms with E-state index in [1.54, 1.807) is 12.4 Å². The van der Waals surface area contributed by atoms with Crippen LogP contribution in [0.15, 0.2) is 132 Å². The molecule has 0 amide bonds. The molecule has 0 aliphatic heterocycles. The zero-order chi connectivity index (χ0) is 24.2. The van der Waals surface area contributed by atoms with E-state index in [0.29, 0.717) is 22.6 Å². The smallest absolute Gasteiger partial charge is 0.443 e. The largest absolute Gasteiger partial charge is 2.00 e. The van der Waals surface area contributed by atoms with Gasteiger partial charge < -0.3 is 20.0 Å². The summed E-state index contributed by atoms with van der Waals surface area (Å²) < 4.78 is 0. The zero-order valence-corrected chi connectivity index (χ0v) is 21.8. The van der Waals surface area contributed by atoms with Gasteiger partial charge in [0.15, 0.2) is 0 Å². The van der Waals surface area contributed by atoms with Gasteiger partial charge in [0.05, 0.1) is 11.6 Å². The molecule has 6 aromatic rings. The molecule has 0 unspecified atom stereocenters. The van der Waals surface area contributed by atoms with Gasteiger partial charge in [-0.3, -0.25) is 9.97 Å². The van der Waals surface area contributed by atoms with Crippen LogP contribution in [0.5, 0.6) is 0 Å². The van der Waals surface area contributed by atoms with Crippen molar-refractivity contribution in [2.45, 2.75) is 0 Å². The average molecular weight is 660 g/mol. The molecule has 0 radical (unpaired) electrons. The number of benzene rings is 2. The molecule has 180 valence electrons. The van der Waals surface area contributed by atoms with Gasteiger partial charge in [-0.2, -0.15) is 0 Å². The fourth-order valence-electron chi connectivity index (χ4n) is 4.13. The molecular formula is C30H20N6Pt. The van der Waals surface area contributed by atoms with E-state index < -0.39 is 0 Å². The molecule has 0 atom stereocenters. The maximum Gasteiger partial charge on any atom is 2.00 e. The van der Waals surface area contributed by atoms with Crippen LogP contribution < -0.4 is 20.9 Å². The van der Waals surface area contributed by atoms with Gasteiger partial charge in [0, 0.05) is 18.0 Å². The molecule has 0 aliphatic carbocycles. The van der Waals surface area contributed by atoms with Gasteiger partial charge in [-0.25, -0.2) is 0 Å². The zero-order valence-electron chi connectivity index (χ0n) is 19.5. The van der Waals surface area contributed by atoms with Crippen molar-refractivity contribution in [3.63, 3.8) is 0 Å². The summed E-state index contributed by atoms with van der Waals surface area (Å²) in [6.07, 6.45) is 7.19. The van der Waals surface area contributed by atoms with Crippen LogP contribution in [-0.4, -0.2) is 9.97 Å². The van der Waals surface area contributed by atoms with Crippen LogP contribution in [0.4, 0.5) is 11.6 Å². The third kappa shape index (κ3) is 5.25. The van der Waals surface area contributed by atoms with Gasteiger partial charge in [-0.15, -0.1) is 0 Å². The molecule has 0 saturated carbocycles. The molecule has 0 bridgehead atoms. The normalized spacial score (nSPS) is 11.9. The maximum absolute atomic E-state index is 4.73. The van der Waals surface area contributed by atoms with Crippen molar-refractivity contribution in [1.29, 1.82) is 0 Å². The van der Waals surface area contributed by atoms with Gasteiger partial charge in [0.1, 0.15) is 0 Å². The standard InChI is InChI=1S/C30H20N6.Pt/c1-2-10-23(22(9-1)21-15-16-29(33-19-21)35-27-13-5-7-17-31-27)26-20-34-30(25-12-4-3-11-24(25)26)36-28-14-6-8-18-32-28;/h1-20H;/q-2;+2. The first-order valence-corrected chi connectivity index (χ1v) is 11.5. The monoisotopic (exact) mass is 659 g/mol. The van der Waals surface area contributed by atoms with Crippen molar-refractivity contribution in [2.75, 3.05) is 0 Å². The number of rotatable bonds is 4. The quantitative estimate of drug-likeness (QED) is 0.256. The van der Waals surface area contributed by atoms with Gasteiger partial charge in [-0.05, 0) is 51.1 Å². The first kappa shape index (κ1) is 24.3. The number of aromatic nitrogens is 4. The molecule has 0 fully saturated rings. The molecule has 4 heterocycles.